The Morgan fingerprint density at radius 1 is 1.00 bits per heavy atom. The number of ether oxygens (including phenoxy) is 1. The maximum atomic E-state index is 12.2. The van der Waals surface area contributed by atoms with Crippen LogP contribution in [0, 0.1) is 0 Å². The summed E-state index contributed by atoms with van der Waals surface area (Å²) in [7, 11) is 0. The number of aryl methyl sites for hydroxylation is 1. The predicted octanol–water partition coefficient (Wildman–Crippen LogP) is 4.65. The summed E-state index contributed by atoms with van der Waals surface area (Å²) in [4.78, 5) is 11.7. The summed E-state index contributed by atoms with van der Waals surface area (Å²) in [6, 6.07) is 18.6. The zero-order valence-electron chi connectivity index (χ0n) is 12.9. The molecule has 0 bridgehead atoms. The van der Waals surface area contributed by atoms with Gasteiger partial charge in [0.25, 0.3) is 0 Å². The lowest BCUT2D eigenvalue weighted by atomic mass is 10.0. The van der Waals surface area contributed by atoms with Gasteiger partial charge in [-0.3, -0.25) is 0 Å². The van der Waals surface area contributed by atoms with Gasteiger partial charge in [0.15, 0.2) is 0 Å². The van der Waals surface area contributed by atoms with Crippen LogP contribution in [0.2, 0.25) is 0 Å². The van der Waals surface area contributed by atoms with E-state index in [0.29, 0.717) is 12.8 Å². The Labute approximate surface area is 138 Å². The first kappa shape index (κ1) is 17.8. The van der Waals surface area contributed by atoms with Gasteiger partial charge in [-0.05, 0) is 24.0 Å². The molecular weight excluding hydrogens is 319 g/mol. The summed E-state index contributed by atoms with van der Waals surface area (Å²) >= 11 is 0. The molecule has 0 aliphatic heterocycles. The van der Waals surface area contributed by atoms with Gasteiger partial charge in [0.1, 0.15) is 12.6 Å². The molecule has 3 nitrogen and oxygen atoms in total. The van der Waals surface area contributed by atoms with Crippen molar-refractivity contribution in [3.05, 3.63) is 71.8 Å². The van der Waals surface area contributed by atoms with Crippen LogP contribution in [0.5, 0.6) is 0 Å². The van der Waals surface area contributed by atoms with Crippen LogP contribution in [0.3, 0.4) is 0 Å². The van der Waals surface area contributed by atoms with Crippen molar-refractivity contribution in [1.29, 1.82) is 0 Å². The van der Waals surface area contributed by atoms with Gasteiger partial charge < -0.3 is 10.1 Å². The van der Waals surface area contributed by atoms with Gasteiger partial charge in [-0.15, -0.1) is 0 Å². The van der Waals surface area contributed by atoms with Crippen LogP contribution in [0.25, 0.3) is 0 Å². The maximum absolute atomic E-state index is 12.2. The molecule has 0 heterocycles. The molecule has 0 radical (unpaired) electrons. The molecule has 0 aliphatic carbocycles. The third-order valence-corrected chi connectivity index (χ3v) is 3.39. The lowest BCUT2D eigenvalue weighted by Gasteiger charge is -2.19. The van der Waals surface area contributed by atoms with Crippen LogP contribution in [0.4, 0.5) is 18.0 Å². The van der Waals surface area contributed by atoms with Crippen molar-refractivity contribution in [2.75, 3.05) is 6.54 Å². The van der Waals surface area contributed by atoms with Crippen molar-refractivity contribution in [3.63, 3.8) is 0 Å². The fourth-order valence-corrected chi connectivity index (χ4v) is 2.25. The number of benzene rings is 2. The average molecular weight is 337 g/mol. The Hall–Kier alpha value is -2.50. The van der Waals surface area contributed by atoms with Crippen LogP contribution >= 0.6 is 0 Å². The quantitative estimate of drug-likeness (QED) is 0.833. The monoisotopic (exact) mass is 337 g/mol. The second kappa shape index (κ2) is 8.38. The second-order valence-electron chi connectivity index (χ2n) is 5.30. The summed E-state index contributed by atoms with van der Waals surface area (Å²) in [5.74, 6) is 0. The Morgan fingerprint density at radius 2 is 1.58 bits per heavy atom. The van der Waals surface area contributed by atoms with Crippen molar-refractivity contribution in [1.82, 2.24) is 5.32 Å². The molecule has 0 aromatic heterocycles. The fraction of sp³-hybridized carbons (Fsp3) is 0.278. The van der Waals surface area contributed by atoms with E-state index in [4.69, 9.17) is 4.74 Å². The molecule has 2 rings (SSSR count). The minimum Gasteiger partial charge on any atom is -0.441 e. The van der Waals surface area contributed by atoms with Crippen LogP contribution in [0.1, 0.15) is 23.7 Å². The molecule has 0 saturated heterocycles. The molecule has 0 saturated carbocycles. The molecule has 1 N–H and O–H groups in total. The Kier molecular flexibility index (Phi) is 6.23. The number of hydrogen-bond acceptors (Lipinski definition) is 2. The number of rotatable bonds is 6. The van der Waals surface area contributed by atoms with Crippen molar-refractivity contribution < 1.29 is 22.7 Å². The van der Waals surface area contributed by atoms with E-state index in [1.807, 2.05) is 36.4 Å². The van der Waals surface area contributed by atoms with Gasteiger partial charge in [-0.25, -0.2) is 4.79 Å². The van der Waals surface area contributed by atoms with Crippen molar-refractivity contribution in [2.24, 2.45) is 0 Å². The number of alkyl carbamates (subject to hydrolysis) is 1. The standard InChI is InChI=1S/C18H18F3NO2/c19-18(20,21)13-22-17(23)24-16(15-9-5-2-6-10-15)12-11-14-7-3-1-4-8-14/h1-10,16H,11-13H2,(H,22,23). The first-order valence-electron chi connectivity index (χ1n) is 7.54. The Bertz CT molecular complexity index is 630. The predicted molar refractivity (Wildman–Crippen MR) is 84.5 cm³/mol. The van der Waals surface area contributed by atoms with E-state index in [1.54, 1.807) is 29.6 Å². The molecule has 0 fully saturated rings. The molecule has 1 atom stereocenters. The number of hydrogen-bond donors (Lipinski definition) is 1. The van der Waals surface area contributed by atoms with E-state index in [9.17, 15) is 18.0 Å². The van der Waals surface area contributed by atoms with Crippen molar-refractivity contribution in [3.8, 4) is 0 Å². The summed E-state index contributed by atoms with van der Waals surface area (Å²) in [6.45, 7) is -1.41. The largest absolute Gasteiger partial charge is 0.441 e. The minimum atomic E-state index is -4.47. The maximum Gasteiger partial charge on any atom is 0.408 e. The van der Waals surface area contributed by atoms with E-state index >= 15 is 0 Å². The Balaban J connectivity index is 1.99. The summed E-state index contributed by atoms with van der Waals surface area (Å²) in [6.07, 6.45) is -5.03. The lowest BCUT2D eigenvalue weighted by Crippen LogP contribution is -2.34. The molecular formula is C18H18F3NO2. The van der Waals surface area contributed by atoms with E-state index in [0.717, 1.165) is 11.1 Å². The van der Waals surface area contributed by atoms with Crippen LogP contribution in [0.15, 0.2) is 60.7 Å². The van der Waals surface area contributed by atoms with Crippen LogP contribution in [-0.2, 0) is 11.2 Å². The molecule has 0 aliphatic rings. The highest BCUT2D eigenvalue weighted by Gasteiger charge is 2.28. The summed E-state index contributed by atoms with van der Waals surface area (Å²) in [5, 5.41) is 1.73. The zero-order valence-corrected chi connectivity index (χ0v) is 12.9. The number of halogens is 3. The third kappa shape index (κ3) is 6.32. The third-order valence-electron chi connectivity index (χ3n) is 3.39. The number of amides is 1. The molecule has 1 amide bonds. The van der Waals surface area contributed by atoms with Gasteiger partial charge in [-0.2, -0.15) is 13.2 Å². The van der Waals surface area contributed by atoms with Gasteiger partial charge in [0.05, 0.1) is 0 Å². The average Bonchev–Trinajstić information content (AvgIpc) is 2.58. The minimum absolute atomic E-state index is 0.480. The molecule has 24 heavy (non-hydrogen) atoms. The number of carbonyl (C=O) groups is 1. The van der Waals surface area contributed by atoms with Crippen LogP contribution < -0.4 is 5.32 Å². The van der Waals surface area contributed by atoms with E-state index in [-0.39, 0.29) is 0 Å². The van der Waals surface area contributed by atoms with Gasteiger partial charge >= 0.3 is 12.3 Å². The molecule has 6 heteroatoms. The lowest BCUT2D eigenvalue weighted by molar-refractivity contribution is -0.124. The zero-order chi connectivity index (χ0) is 17.4. The normalized spacial score (nSPS) is 12.5. The van der Waals surface area contributed by atoms with Gasteiger partial charge in [0.2, 0.25) is 0 Å². The summed E-state index contributed by atoms with van der Waals surface area (Å²) < 4.78 is 41.7. The molecule has 0 spiro atoms. The smallest absolute Gasteiger partial charge is 0.408 e. The highest BCUT2D eigenvalue weighted by molar-refractivity contribution is 5.67. The topological polar surface area (TPSA) is 38.3 Å². The van der Waals surface area contributed by atoms with E-state index in [2.05, 4.69) is 0 Å². The van der Waals surface area contributed by atoms with Crippen molar-refractivity contribution >= 4 is 6.09 Å². The first-order valence-corrected chi connectivity index (χ1v) is 7.54. The highest BCUT2D eigenvalue weighted by atomic mass is 19.4. The number of carbonyl (C=O) groups excluding carboxylic acids is 1. The number of nitrogens with one attached hydrogen (secondary N) is 1. The van der Waals surface area contributed by atoms with Crippen LogP contribution in [-0.4, -0.2) is 18.8 Å². The first-order chi connectivity index (χ1) is 11.4. The molecule has 2 aromatic rings. The van der Waals surface area contributed by atoms with Gasteiger partial charge in [-0.1, -0.05) is 60.7 Å². The fourth-order valence-electron chi connectivity index (χ4n) is 2.25. The van der Waals surface area contributed by atoms with Gasteiger partial charge in [0, 0.05) is 0 Å². The van der Waals surface area contributed by atoms with Crippen molar-refractivity contribution in [2.45, 2.75) is 25.1 Å². The molecule has 128 valence electrons. The summed E-state index contributed by atoms with van der Waals surface area (Å²) in [5.41, 5.74) is 1.81. The second-order valence-corrected chi connectivity index (χ2v) is 5.30. The van der Waals surface area contributed by atoms with E-state index in [1.165, 1.54) is 0 Å². The number of alkyl halides is 3. The SMILES string of the molecule is O=C(NCC(F)(F)F)OC(CCc1ccccc1)c1ccccc1. The van der Waals surface area contributed by atoms with E-state index < -0.39 is 24.9 Å². The molecule has 2 aromatic carbocycles. The molecule has 1 unspecified atom stereocenters. The highest BCUT2D eigenvalue weighted by Crippen LogP contribution is 2.23. The Morgan fingerprint density at radius 3 is 2.17 bits per heavy atom.